The third kappa shape index (κ3) is 3.57. The molecular weight excluding hydrogens is 419 g/mol. The van der Waals surface area contributed by atoms with Gasteiger partial charge < -0.3 is 14.2 Å². The molecule has 0 atom stereocenters. The van der Waals surface area contributed by atoms with Crippen LogP contribution in [-0.4, -0.2) is 47.5 Å². The lowest BCUT2D eigenvalue weighted by Gasteiger charge is -2.27. The van der Waals surface area contributed by atoms with Crippen LogP contribution >= 0.6 is 34.5 Å². The largest absolute Gasteiger partial charge is 0.378 e. The van der Waals surface area contributed by atoms with E-state index in [4.69, 9.17) is 27.9 Å². The maximum Gasteiger partial charge on any atom is 0.242 e. The number of amides is 1. The number of morpholine rings is 1. The highest BCUT2D eigenvalue weighted by molar-refractivity contribution is 7.20. The maximum absolute atomic E-state index is 12.9. The summed E-state index contributed by atoms with van der Waals surface area (Å²) in [6, 6.07) is 8.87. The number of hydrogen-bond donors (Lipinski definition) is 0. The predicted octanol–water partition coefficient (Wildman–Crippen LogP) is 4.41. The number of thiophene rings is 1. The molecule has 146 valence electrons. The molecule has 3 aromatic rings. The van der Waals surface area contributed by atoms with Gasteiger partial charge in [0.05, 0.1) is 28.1 Å². The van der Waals surface area contributed by atoms with Crippen LogP contribution in [0.25, 0.3) is 10.2 Å². The molecule has 0 unspecified atom stereocenters. The topological polar surface area (TPSA) is 51.5 Å². The highest BCUT2D eigenvalue weighted by Crippen LogP contribution is 2.33. The number of halogens is 2. The second-order valence-electron chi connectivity index (χ2n) is 6.67. The van der Waals surface area contributed by atoms with Crippen LogP contribution in [-0.2, 0) is 16.1 Å². The van der Waals surface area contributed by atoms with E-state index in [1.54, 1.807) is 18.2 Å². The molecule has 0 radical (unpaired) electrons. The summed E-state index contributed by atoms with van der Waals surface area (Å²) in [6.07, 6.45) is 0. The first-order valence-corrected chi connectivity index (χ1v) is 10.5. The third-order valence-electron chi connectivity index (χ3n) is 4.85. The molecule has 0 spiro atoms. The number of aryl methyl sites for hydroxylation is 1. The van der Waals surface area contributed by atoms with Crippen LogP contribution in [0, 0.1) is 6.92 Å². The van der Waals surface area contributed by atoms with Gasteiger partial charge >= 0.3 is 0 Å². The van der Waals surface area contributed by atoms with E-state index in [2.05, 4.69) is 0 Å². The maximum atomic E-state index is 12.9. The zero-order chi connectivity index (χ0) is 19.8. The van der Waals surface area contributed by atoms with Crippen molar-refractivity contribution in [1.82, 2.24) is 9.47 Å². The van der Waals surface area contributed by atoms with Crippen LogP contribution < -0.4 is 0 Å². The summed E-state index contributed by atoms with van der Waals surface area (Å²) in [5, 5.41) is 1.55. The average molecular weight is 437 g/mol. The molecule has 0 N–H and O–H groups in total. The average Bonchev–Trinajstić information content (AvgIpc) is 3.23. The molecule has 5 nitrogen and oxygen atoms in total. The zero-order valence-electron chi connectivity index (χ0n) is 15.2. The van der Waals surface area contributed by atoms with Crippen LogP contribution in [0.3, 0.4) is 0 Å². The third-order valence-corrected chi connectivity index (χ3v) is 6.84. The Kier molecular flexibility index (Phi) is 5.47. The fourth-order valence-electron chi connectivity index (χ4n) is 3.34. The van der Waals surface area contributed by atoms with Crippen LogP contribution in [0.2, 0.25) is 10.0 Å². The quantitative estimate of drug-likeness (QED) is 0.569. The van der Waals surface area contributed by atoms with Gasteiger partial charge in [0.25, 0.3) is 0 Å². The monoisotopic (exact) mass is 436 g/mol. The fraction of sp³-hybridized carbons (Fsp3) is 0.300. The first-order chi connectivity index (χ1) is 13.5. The van der Waals surface area contributed by atoms with Gasteiger partial charge in [-0.25, -0.2) is 0 Å². The van der Waals surface area contributed by atoms with E-state index in [1.807, 2.05) is 28.5 Å². The van der Waals surface area contributed by atoms with Gasteiger partial charge in [0, 0.05) is 29.7 Å². The van der Waals surface area contributed by atoms with Crippen molar-refractivity contribution >= 4 is 56.4 Å². The minimum Gasteiger partial charge on any atom is -0.378 e. The number of carbonyl (C=O) groups excluding carboxylic acids is 2. The number of nitrogens with zero attached hydrogens (tertiary/aromatic N) is 2. The second kappa shape index (κ2) is 7.87. The van der Waals surface area contributed by atoms with E-state index in [-0.39, 0.29) is 23.3 Å². The van der Waals surface area contributed by atoms with E-state index in [1.165, 1.54) is 11.3 Å². The van der Waals surface area contributed by atoms with Crippen molar-refractivity contribution in [2.24, 2.45) is 0 Å². The highest BCUT2D eigenvalue weighted by atomic mass is 35.5. The molecule has 1 aromatic carbocycles. The Balaban J connectivity index is 1.64. The second-order valence-corrected chi connectivity index (χ2v) is 8.48. The summed E-state index contributed by atoms with van der Waals surface area (Å²) >= 11 is 13.6. The predicted molar refractivity (Wildman–Crippen MR) is 112 cm³/mol. The molecule has 2 aromatic heterocycles. The molecule has 1 fully saturated rings. The van der Waals surface area contributed by atoms with Gasteiger partial charge in [-0.2, -0.15) is 0 Å². The standard InChI is InChI=1S/C20H18Cl2N2O3S/c1-12-9-13-10-16(19(26)14-3-2-4-15(21)18(14)22)28-20(13)24(12)11-17(25)23-5-7-27-8-6-23/h2-4,9-10H,5-8,11H2,1H3. The smallest absolute Gasteiger partial charge is 0.242 e. The molecule has 8 heteroatoms. The lowest BCUT2D eigenvalue weighted by Crippen LogP contribution is -2.42. The van der Waals surface area contributed by atoms with Crippen LogP contribution in [0.5, 0.6) is 0 Å². The number of aromatic nitrogens is 1. The van der Waals surface area contributed by atoms with Crippen molar-refractivity contribution in [2.45, 2.75) is 13.5 Å². The Morgan fingerprint density at radius 2 is 1.93 bits per heavy atom. The van der Waals surface area contributed by atoms with E-state index in [0.29, 0.717) is 41.8 Å². The Hall–Kier alpha value is -1.86. The van der Waals surface area contributed by atoms with Crippen molar-refractivity contribution in [3.8, 4) is 0 Å². The zero-order valence-corrected chi connectivity index (χ0v) is 17.5. The molecule has 0 aliphatic carbocycles. The first kappa shape index (κ1) is 19.5. The Morgan fingerprint density at radius 1 is 1.18 bits per heavy atom. The van der Waals surface area contributed by atoms with E-state index in [0.717, 1.165) is 15.9 Å². The lowest BCUT2D eigenvalue weighted by atomic mass is 10.1. The summed E-state index contributed by atoms with van der Waals surface area (Å²) in [5.41, 5.74) is 1.37. The molecular formula is C20H18Cl2N2O3S. The van der Waals surface area contributed by atoms with Gasteiger partial charge in [0.15, 0.2) is 0 Å². The number of carbonyl (C=O) groups is 2. The number of ether oxygens (including phenoxy) is 1. The highest BCUT2D eigenvalue weighted by Gasteiger charge is 2.22. The summed E-state index contributed by atoms with van der Waals surface area (Å²) in [4.78, 5) is 28.9. The normalized spacial score (nSPS) is 14.6. The molecule has 4 rings (SSSR count). The molecule has 0 saturated carbocycles. The molecule has 1 amide bonds. The minimum absolute atomic E-state index is 0.0584. The van der Waals surface area contributed by atoms with Gasteiger partial charge in [-0.1, -0.05) is 29.3 Å². The van der Waals surface area contributed by atoms with E-state index in [9.17, 15) is 9.59 Å². The number of rotatable bonds is 4. The fourth-order valence-corrected chi connectivity index (χ4v) is 4.88. The molecule has 0 bridgehead atoms. The van der Waals surface area contributed by atoms with Gasteiger partial charge in [0.1, 0.15) is 11.4 Å². The molecule has 1 aliphatic heterocycles. The SMILES string of the molecule is Cc1cc2cc(C(=O)c3cccc(Cl)c3Cl)sc2n1CC(=O)N1CCOCC1. The van der Waals surface area contributed by atoms with Crippen molar-refractivity contribution in [2.75, 3.05) is 26.3 Å². The van der Waals surface area contributed by atoms with Gasteiger partial charge in [-0.3, -0.25) is 9.59 Å². The Morgan fingerprint density at radius 3 is 2.68 bits per heavy atom. The van der Waals surface area contributed by atoms with Crippen molar-refractivity contribution in [3.63, 3.8) is 0 Å². The van der Waals surface area contributed by atoms with Crippen molar-refractivity contribution < 1.29 is 14.3 Å². The summed E-state index contributed by atoms with van der Waals surface area (Å²) in [7, 11) is 0. The van der Waals surface area contributed by atoms with E-state index >= 15 is 0 Å². The van der Waals surface area contributed by atoms with Crippen LogP contribution in [0.1, 0.15) is 20.9 Å². The van der Waals surface area contributed by atoms with Gasteiger partial charge in [0.2, 0.25) is 11.7 Å². The van der Waals surface area contributed by atoms with E-state index < -0.39 is 0 Å². The number of benzene rings is 1. The lowest BCUT2D eigenvalue weighted by molar-refractivity contribution is -0.135. The Bertz CT molecular complexity index is 1070. The summed E-state index contributed by atoms with van der Waals surface area (Å²) in [5.74, 6) is -0.111. The summed E-state index contributed by atoms with van der Waals surface area (Å²) in [6.45, 7) is 4.59. The minimum atomic E-state index is -0.169. The Labute approximate surface area is 176 Å². The van der Waals surface area contributed by atoms with Crippen LogP contribution in [0.4, 0.5) is 0 Å². The summed E-state index contributed by atoms with van der Waals surface area (Å²) < 4.78 is 7.28. The van der Waals surface area contributed by atoms with Gasteiger partial charge in [-0.05, 0) is 31.2 Å². The van der Waals surface area contributed by atoms with Crippen LogP contribution in [0.15, 0.2) is 30.3 Å². The first-order valence-electron chi connectivity index (χ1n) is 8.89. The molecule has 3 heterocycles. The number of fused-ring (bicyclic) bond motifs is 1. The van der Waals surface area contributed by atoms with Crippen molar-refractivity contribution in [1.29, 1.82) is 0 Å². The van der Waals surface area contributed by atoms with Gasteiger partial charge in [-0.15, -0.1) is 11.3 Å². The van der Waals surface area contributed by atoms with Crippen molar-refractivity contribution in [3.05, 3.63) is 56.5 Å². The molecule has 1 aliphatic rings. The number of ketones is 1. The molecule has 1 saturated heterocycles. The number of hydrogen-bond acceptors (Lipinski definition) is 4. The molecule has 28 heavy (non-hydrogen) atoms.